The van der Waals surface area contributed by atoms with E-state index in [0.29, 0.717) is 12.3 Å². The van der Waals surface area contributed by atoms with Gasteiger partial charge in [-0.3, -0.25) is 4.79 Å². The van der Waals surface area contributed by atoms with Crippen LogP contribution in [0.1, 0.15) is 34.1 Å². The predicted molar refractivity (Wildman–Crippen MR) is 47.0 cm³/mol. The van der Waals surface area contributed by atoms with Gasteiger partial charge in [0, 0.05) is 12.0 Å². The van der Waals surface area contributed by atoms with Gasteiger partial charge >= 0.3 is 0 Å². The predicted octanol–water partition coefficient (Wildman–Crippen LogP) is 1.76. The molecule has 0 unspecified atom stereocenters. The number of amides is 1. The van der Waals surface area contributed by atoms with Gasteiger partial charge in [-0.25, -0.2) is 0 Å². The van der Waals surface area contributed by atoms with Crippen LogP contribution in [-0.2, 0) is 4.79 Å². The zero-order valence-corrected chi connectivity index (χ0v) is 7.90. The average Bonchev–Trinajstić information content (AvgIpc) is 1.86. The first-order valence-electron chi connectivity index (χ1n) is 4.00. The van der Waals surface area contributed by atoms with Gasteiger partial charge in [0.25, 0.3) is 0 Å². The number of carbonyl (C=O) groups excluding carboxylic acids is 1. The molecule has 0 heterocycles. The van der Waals surface area contributed by atoms with Crippen molar-refractivity contribution in [2.45, 2.75) is 39.7 Å². The summed E-state index contributed by atoms with van der Waals surface area (Å²) in [4.78, 5) is 11.0. The maximum atomic E-state index is 11.0. The molecule has 0 spiro atoms. The lowest BCUT2D eigenvalue weighted by atomic mass is 9.91. The number of hydrogen-bond donors (Lipinski definition) is 1. The minimum atomic E-state index is -0.116. The molecule has 0 saturated heterocycles. The van der Waals surface area contributed by atoms with Gasteiger partial charge in [0.15, 0.2) is 0 Å². The Morgan fingerprint density at radius 2 is 2.00 bits per heavy atom. The molecule has 0 aliphatic rings. The smallest absolute Gasteiger partial charge is 0.220 e. The van der Waals surface area contributed by atoms with Crippen molar-refractivity contribution in [3.8, 4) is 0 Å². The molecular weight excluding hydrogens is 138 g/mol. The summed E-state index contributed by atoms with van der Waals surface area (Å²) < 4.78 is 0. The second-order valence-corrected chi connectivity index (χ2v) is 3.67. The first-order valence-corrected chi connectivity index (χ1v) is 4.00. The molecule has 0 aliphatic heterocycles. The maximum absolute atomic E-state index is 11.0. The fourth-order valence-corrected chi connectivity index (χ4v) is 0.566. The first-order chi connectivity index (χ1) is 4.90. The molecule has 0 bridgehead atoms. The van der Waals surface area contributed by atoms with E-state index >= 15 is 0 Å². The van der Waals surface area contributed by atoms with Crippen LogP contribution >= 0.6 is 0 Å². The van der Waals surface area contributed by atoms with E-state index in [1.54, 1.807) is 0 Å². The van der Waals surface area contributed by atoms with Crippen molar-refractivity contribution in [3.05, 3.63) is 6.92 Å². The lowest BCUT2D eigenvalue weighted by Gasteiger charge is -2.30. The molecule has 2 nitrogen and oxygen atoms in total. The highest BCUT2D eigenvalue weighted by molar-refractivity contribution is 5.77. The third-order valence-electron chi connectivity index (χ3n) is 2.13. The Balaban J connectivity index is 4.01. The van der Waals surface area contributed by atoms with E-state index in [9.17, 15) is 4.79 Å². The van der Waals surface area contributed by atoms with Crippen LogP contribution in [0.5, 0.6) is 0 Å². The van der Waals surface area contributed by atoms with Crippen molar-refractivity contribution in [2.75, 3.05) is 0 Å². The first kappa shape index (κ1) is 10.5. The number of hydrogen-bond acceptors (Lipinski definition) is 1. The Kier molecular flexibility index (Phi) is 3.56. The molecule has 1 radical (unpaired) electrons. The van der Waals surface area contributed by atoms with Gasteiger partial charge in [-0.15, -0.1) is 0 Å². The van der Waals surface area contributed by atoms with Crippen molar-refractivity contribution in [2.24, 2.45) is 5.92 Å². The van der Waals surface area contributed by atoms with Crippen LogP contribution in [0.4, 0.5) is 0 Å². The summed E-state index contributed by atoms with van der Waals surface area (Å²) in [6, 6.07) is 0. The highest BCUT2D eigenvalue weighted by Crippen LogP contribution is 2.14. The van der Waals surface area contributed by atoms with E-state index in [2.05, 4.69) is 26.1 Å². The Morgan fingerprint density at radius 3 is 2.27 bits per heavy atom. The van der Waals surface area contributed by atoms with Crippen molar-refractivity contribution in [3.63, 3.8) is 0 Å². The van der Waals surface area contributed by atoms with Crippen molar-refractivity contribution >= 4 is 5.91 Å². The third kappa shape index (κ3) is 3.40. The maximum Gasteiger partial charge on any atom is 0.220 e. The third-order valence-corrected chi connectivity index (χ3v) is 2.13. The van der Waals surface area contributed by atoms with E-state index in [4.69, 9.17) is 0 Å². The SMILES string of the molecule is [CH2]CC(=O)NC(C)(C)C(C)C. The highest BCUT2D eigenvalue weighted by atomic mass is 16.1. The molecule has 0 aliphatic carbocycles. The van der Waals surface area contributed by atoms with E-state index in [1.807, 2.05) is 13.8 Å². The molecule has 1 amide bonds. The summed E-state index contributed by atoms with van der Waals surface area (Å²) in [5.74, 6) is 0.460. The van der Waals surface area contributed by atoms with Crippen LogP contribution in [0.25, 0.3) is 0 Å². The van der Waals surface area contributed by atoms with Crippen LogP contribution in [-0.4, -0.2) is 11.4 Å². The minimum Gasteiger partial charge on any atom is -0.351 e. The molecule has 2 heteroatoms. The van der Waals surface area contributed by atoms with Crippen LogP contribution in [0.2, 0.25) is 0 Å². The van der Waals surface area contributed by atoms with E-state index < -0.39 is 0 Å². The summed E-state index contributed by atoms with van der Waals surface area (Å²) in [6.07, 6.45) is 0.316. The van der Waals surface area contributed by atoms with E-state index in [1.165, 1.54) is 0 Å². The molecule has 11 heavy (non-hydrogen) atoms. The van der Waals surface area contributed by atoms with Gasteiger partial charge in [-0.05, 0) is 26.7 Å². The van der Waals surface area contributed by atoms with E-state index in [0.717, 1.165) is 0 Å². The van der Waals surface area contributed by atoms with Crippen LogP contribution in [0, 0.1) is 12.8 Å². The second-order valence-electron chi connectivity index (χ2n) is 3.67. The van der Waals surface area contributed by atoms with Gasteiger partial charge in [-0.2, -0.15) is 0 Å². The highest BCUT2D eigenvalue weighted by Gasteiger charge is 2.23. The Bertz CT molecular complexity index is 138. The molecule has 0 fully saturated rings. The van der Waals surface area contributed by atoms with Crippen LogP contribution < -0.4 is 5.32 Å². The molecule has 1 N–H and O–H groups in total. The monoisotopic (exact) mass is 156 g/mol. The number of nitrogens with one attached hydrogen (secondary N) is 1. The largest absolute Gasteiger partial charge is 0.351 e. The minimum absolute atomic E-state index is 0.0173. The topological polar surface area (TPSA) is 29.1 Å². The lowest BCUT2D eigenvalue weighted by Crippen LogP contribution is -2.47. The lowest BCUT2D eigenvalue weighted by molar-refractivity contribution is -0.122. The normalized spacial score (nSPS) is 11.8. The second kappa shape index (κ2) is 3.74. The summed E-state index contributed by atoms with van der Waals surface area (Å²) in [5.41, 5.74) is -0.116. The Hall–Kier alpha value is -0.530. The zero-order valence-electron chi connectivity index (χ0n) is 7.90. The molecule has 0 aromatic rings. The Labute approximate surface area is 69.4 Å². The Morgan fingerprint density at radius 1 is 1.55 bits per heavy atom. The molecule has 0 aromatic carbocycles. The standard InChI is InChI=1S/C9H18NO/c1-6-8(11)10-9(4,5)7(2)3/h7H,1,6H2,2-5H3,(H,10,11). The van der Waals surface area contributed by atoms with Crippen molar-refractivity contribution < 1.29 is 4.79 Å². The summed E-state index contributed by atoms with van der Waals surface area (Å²) in [7, 11) is 0. The number of carbonyl (C=O) groups is 1. The van der Waals surface area contributed by atoms with Gasteiger partial charge in [0.05, 0.1) is 0 Å². The number of rotatable bonds is 3. The van der Waals surface area contributed by atoms with Gasteiger partial charge in [-0.1, -0.05) is 13.8 Å². The van der Waals surface area contributed by atoms with Crippen molar-refractivity contribution in [1.29, 1.82) is 0 Å². The quantitative estimate of drug-likeness (QED) is 0.662. The summed E-state index contributed by atoms with van der Waals surface area (Å²) in [5, 5.41) is 2.90. The van der Waals surface area contributed by atoms with Gasteiger partial charge in [0.1, 0.15) is 0 Å². The summed E-state index contributed by atoms with van der Waals surface area (Å²) in [6.45, 7) is 11.7. The van der Waals surface area contributed by atoms with Gasteiger partial charge in [0.2, 0.25) is 5.91 Å². The molecule has 0 aromatic heterocycles. The molecule has 65 valence electrons. The average molecular weight is 156 g/mol. The molecular formula is C9H18NO. The molecule has 0 rings (SSSR count). The summed E-state index contributed by atoms with van der Waals surface area (Å²) >= 11 is 0. The zero-order chi connectivity index (χ0) is 9.07. The van der Waals surface area contributed by atoms with Crippen LogP contribution in [0.3, 0.4) is 0 Å². The molecule has 0 atom stereocenters. The fraction of sp³-hybridized carbons (Fsp3) is 0.778. The van der Waals surface area contributed by atoms with Crippen molar-refractivity contribution in [1.82, 2.24) is 5.32 Å². The van der Waals surface area contributed by atoms with Gasteiger partial charge < -0.3 is 5.32 Å². The fourth-order valence-electron chi connectivity index (χ4n) is 0.566. The molecule has 0 saturated carbocycles. The van der Waals surface area contributed by atoms with E-state index in [-0.39, 0.29) is 11.4 Å². The van der Waals surface area contributed by atoms with Crippen LogP contribution in [0.15, 0.2) is 0 Å².